The van der Waals surface area contributed by atoms with Gasteiger partial charge in [0, 0.05) is 39.0 Å². The van der Waals surface area contributed by atoms with E-state index in [2.05, 4.69) is 14.9 Å². The summed E-state index contributed by atoms with van der Waals surface area (Å²) in [6, 6.07) is 1.93. The first kappa shape index (κ1) is 15.2. The topological polar surface area (TPSA) is 58.6 Å². The summed E-state index contributed by atoms with van der Waals surface area (Å²) in [7, 11) is 0. The average molecular weight is 304 g/mol. The first-order chi connectivity index (χ1) is 10.6. The van der Waals surface area contributed by atoms with Gasteiger partial charge in [-0.25, -0.2) is 9.97 Å². The van der Waals surface area contributed by atoms with E-state index >= 15 is 0 Å². The van der Waals surface area contributed by atoms with Gasteiger partial charge in [-0.1, -0.05) is 0 Å². The van der Waals surface area contributed by atoms with Crippen LogP contribution in [0.5, 0.6) is 0 Å². The fraction of sp³-hybridized carbons (Fsp3) is 0.688. The molecule has 3 rings (SSSR count). The van der Waals surface area contributed by atoms with Gasteiger partial charge in [0.05, 0.1) is 12.0 Å². The maximum atomic E-state index is 12.7. The highest BCUT2D eigenvalue weighted by Crippen LogP contribution is 2.24. The van der Waals surface area contributed by atoms with Crippen molar-refractivity contribution in [2.24, 2.45) is 5.92 Å². The Labute approximate surface area is 131 Å². The number of amides is 1. The summed E-state index contributed by atoms with van der Waals surface area (Å²) in [6.45, 7) is 7.85. The van der Waals surface area contributed by atoms with E-state index in [1.54, 1.807) is 6.20 Å². The molecule has 0 N–H and O–H groups in total. The van der Waals surface area contributed by atoms with Gasteiger partial charge >= 0.3 is 0 Å². The average Bonchev–Trinajstić information content (AvgIpc) is 2.55. The highest BCUT2D eigenvalue weighted by atomic mass is 16.5. The Bertz CT molecular complexity index is 529. The van der Waals surface area contributed by atoms with Gasteiger partial charge in [-0.3, -0.25) is 4.79 Å². The van der Waals surface area contributed by atoms with Gasteiger partial charge in [-0.05, 0) is 32.8 Å². The predicted octanol–water partition coefficient (Wildman–Crippen LogP) is 1.25. The minimum Gasteiger partial charge on any atom is -0.378 e. The number of aryl methyl sites for hydroxylation is 1. The Balaban J connectivity index is 1.58. The Morgan fingerprint density at radius 3 is 2.77 bits per heavy atom. The standard InChI is InChI=1S/C16H24N4O2/c1-12-14(4-3-11-22-12)16(21)20-9-7-19(8-10-20)15-5-6-17-13(2)18-15/h5-6,12,14H,3-4,7-11H2,1-2H3/t12-,14-/m0/s1. The summed E-state index contributed by atoms with van der Waals surface area (Å²) in [4.78, 5) is 25.5. The first-order valence-corrected chi connectivity index (χ1v) is 8.10. The van der Waals surface area contributed by atoms with Gasteiger partial charge in [0.1, 0.15) is 11.6 Å². The molecule has 0 aliphatic carbocycles. The summed E-state index contributed by atoms with van der Waals surface area (Å²) in [5.41, 5.74) is 0. The molecule has 2 aliphatic heterocycles. The molecule has 2 atom stereocenters. The van der Waals surface area contributed by atoms with Crippen molar-refractivity contribution in [3.05, 3.63) is 18.1 Å². The maximum absolute atomic E-state index is 12.7. The molecule has 6 nitrogen and oxygen atoms in total. The van der Waals surface area contributed by atoms with Crippen LogP contribution in [0.15, 0.2) is 12.3 Å². The zero-order valence-corrected chi connectivity index (χ0v) is 13.4. The second kappa shape index (κ2) is 6.60. The van der Waals surface area contributed by atoms with Crippen LogP contribution in [0.2, 0.25) is 0 Å². The van der Waals surface area contributed by atoms with Crippen molar-refractivity contribution in [2.45, 2.75) is 32.8 Å². The van der Waals surface area contributed by atoms with Crippen LogP contribution in [-0.2, 0) is 9.53 Å². The van der Waals surface area contributed by atoms with Crippen LogP contribution in [0.1, 0.15) is 25.6 Å². The molecule has 120 valence electrons. The first-order valence-electron chi connectivity index (χ1n) is 8.10. The molecule has 0 unspecified atom stereocenters. The lowest BCUT2D eigenvalue weighted by molar-refractivity contribution is -0.144. The third kappa shape index (κ3) is 3.21. The molecule has 0 bridgehead atoms. The van der Waals surface area contributed by atoms with Crippen LogP contribution >= 0.6 is 0 Å². The quantitative estimate of drug-likeness (QED) is 0.823. The van der Waals surface area contributed by atoms with Crippen molar-refractivity contribution in [3.63, 3.8) is 0 Å². The predicted molar refractivity (Wildman–Crippen MR) is 83.7 cm³/mol. The SMILES string of the molecule is Cc1nccc(N2CCN(C(=O)[C@H]3CCCO[C@H]3C)CC2)n1. The van der Waals surface area contributed by atoms with Gasteiger partial charge in [0.15, 0.2) is 0 Å². The summed E-state index contributed by atoms with van der Waals surface area (Å²) >= 11 is 0. The number of nitrogens with zero attached hydrogens (tertiary/aromatic N) is 4. The van der Waals surface area contributed by atoms with E-state index in [-0.39, 0.29) is 17.9 Å². The normalized spacial score (nSPS) is 26.1. The van der Waals surface area contributed by atoms with Crippen LogP contribution in [0.3, 0.4) is 0 Å². The van der Waals surface area contributed by atoms with E-state index < -0.39 is 0 Å². The minimum absolute atomic E-state index is 0.0293. The third-order valence-corrected chi connectivity index (χ3v) is 4.60. The third-order valence-electron chi connectivity index (χ3n) is 4.60. The van der Waals surface area contributed by atoms with Gasteiger partial charge in [-0.2, -0.15) is 0 Å². The van der Waals surface area contributed by atoms with Crippen molar-refractivity contribution in [3.8, 4) is 0 Å². The van der Waals surface area contributed by atoms with Crippen molar-refractivity contribution in [1.29, 1.82) is 0 Å². The van der Waals surface area contributed by atoms with Crippen LogP contribution < -0.4 is 4.90 Å². The Morgan fingerprint density at radius 1 is 1.32 bits per heavy atom. The lowest BCUT2D eigenvalue weighted by atomic mass is 9.93. The van der Waals surface area contributed by atoms with E-state index in [1.807, 2.05) is 24.8 Å². The summed E-state index contributed by atoms with van der Waals surface area (Å²) in [5, 5.41) is 0. The van der Waals surface area contributed by atoms with Crippen molar-refractivity contribution >= 4 is 11.7 Å². The van der Waals surface area contributed by atoms with Crippen molar-refractivity contribution in [2.75, 3.05) is 37.7 Å². The maximum Gasteiger partial charge on any atom is 0.228 e. The fourth-order valence-corrected chi connectivity index (χ4v) is 3.26. The number of aromatic nitrogens is 2. The van der Waals surface area contributed by atoms with E-state index in [4.69, 9.17) is 4.74 Å². The van der Waals surface area contributed by atoms with Gasteiger partial charge < -0.3 is 14.5 Å². The number of hydrogen-bond acceptors (Lipinski definition) is 5. The van der Waals surface area contributed by atoms with Gasteiger partial charge in [0.2, 0.25) is 5.91 Å². The second-order valence-corrected chi connectivity index (χ2v) is 6.10. The Kier molecular flexibility index (Phi) is 4.57. The molecule has 1 aromatic rings. The molecule has 0 saturated carbocycles. The molecule has 2 fully saturated rings. The number of carbonyl (C=O) groups excluding carboxylic acids is 1. The fourth-order valence-electron chi connectivity index (χ4n) is 3.26. The highest BCUT2D eigenvalue weighted by molar-refractivity contribution is 5.79. The van der Waals surface area contributed by atoms with Crippen LogP contribution in [0.25, 0.3) is 0 Å². The highest BCUT2D eigenvalue weighted by Gasteiger charge is 2.33. The van der Waals surface area contributed by atoms with E-state index in [9.17, 15) is 4.79 Å². The molecule has 22 heavy (non-hydrogen) atoms. The molecule has 6 heteroatoms. The van der Waals surface area contributed by atoms with Crippen molar-refractivity contribution < 1.29 is 9.53 Å². The monoisotopic (exact) mass is 304 g/mol. The van der Waals surface area contributed by atoms with Crippen LogP contribution in [0.4, 0.5) is 5.82 Å². The van der Waals surface area contributed by atoms with Gasteiger partial charge in [-0.15, -0.1) is 0 Å². The zero-order valence-electron chi connectivity index (χ0n) is 13.4. The lowest BCUT2D eigenvalue weighted by Crippen LogP contribution is -2.52. The molecule has 0 spiro atoms. The second-order valence-electron chi connectivity index (χ2n) is 6.10. The largest absolute Gasteiger partial charge is 0.378 e. The lowest BCUT2D eigenvalue weighted by Gasteiger charge is -2.39. The molecular weight excluding hydrogens is 280 g/mol. The van der Waals surface area contributed by atoms with E-state index in [0.29, 0.717) is 0 Å². The van der Waals surface area contributed by atoms with E-state index in [1.165, 1.54) is 0 Å². The molecule has 2 saturated heterocycles. The van der Waals surface area contributed by atoms with Gasteiger partial charge in [0.25, 0.3) is 0 Å². The molecular formula is C16H24N4O2. The summed E-state index contributed by atoms with van der Waals surface area (Å²) in [6.07, 6.45) is 3.77. The smallest absolute Gasteiger partial charge is 0.228 e. The molecule has 0 radical (unpaired) electrons. The number of hydrogen-bond donors (Lipinski definition) is 0. The summed E-state index contributed by atoms with van der Waals surface area (Å²) in [5.74, 6) is 2.02. The van der Waals surface area contributed by atoms with Crippen molar-refractivity contribution in [1.82, 2.24) is 14.9 Å². The Hall–Kier alpha value is -1.69. The summed E-state index contributed by atoms with van der Waals surface area (Å²) < 4.78 is 5.63. The van der Waals surface area contributed by atoms with E-state index in [0.717, 1.165) is 57.3 Å². The molecule has 3 heterocycles. The number of anilines is 1. The number of piperazine rings is 1. The molecule has 1 amide bonds. The Morgan fingerprint density at radius 2 is 2.09 bits per heavy atom. The minimum atomic E-state index is 0.0293. The molecule has 0 aromatic carbocycles. The molecule has 2 aliphatic rings. The zero-order chi connectivity index (χ0) is 15.5. The number of ether oxygens (including phenoxy) is 1. The van der Waals surface area contributed by atoms with Crippen LogP contribution in [-0.4, -0.2) is 59.7 Å². The van der Waals surface area contributed by atoms with Crippen LogP contribution in [0, 0.1) is 12.8 Å². The number of rotatable bonds is 2. The molecule has 1 aromatic heterocycles. The number of carbonyl (C=O) groups is 1.